The zero-order valence-electron chi connectivity index (χ0n) is 11.6. The summed E-state index contributed by atoms with van der Waals surface area (Å²) in [6, 6.07) is 9.28. The molecule has 1 aliphatic rings. The molecule has 0 aliphatic heterocycles. The summed E-state index contributed by atoms with van der Waals surface area (Å²) in [7, 11) is 0. The second-order valence-corrected chi connectivity index (χ2v) is 5.30. The normalized spacial score (nSPS) is 16.6. The standard InChI is InChI=1S/C16H25NO/c1-3-14-6-10-16(11-7-14)18-13(2)5-4-12-17-15-8-9-15/h6-7,10-11,13,15,17H,3-5,8-9,12H2,1-2H3. The number of rotatable bonds is 8. The van der Waals surface area contributed by atoms with Crippen LogP contribution in [0.1, 0.15) is 45.1 Å². The van der Waals surface area contributed by atoms with Crippen molar-refractivity contribution in [3.63, 3.8) is 0 Å². The maximum Gasteiger partial charge on any atom is 0.119 e. The Hall–Kier alpha value is -1.02. The molecule has 18 heavy (non-hydrogen) atoms. The molecule has 1 aromatic carbocycles. The Morgan fingerprint density at radius 2 is 2.00 bits per heavy atom. The van der Waals surface area contributed by atoms with E-state index in [0.29, 0.717) is 6.10 Å². The van der Waals surface area contributed by atoms with Crippen LogP contribution in [0.25, 0.3) is 0 Å². The monoisotopic (exact) mass is 247 g/mol. The van der Waals surface area contributed by atoms with E-state index in [2.05, 4.69) is 43.4 Å². The molecule has 2 heteroatoms. The van der Waals surface area contributed by atoms with Gasteiger partial charge in [-0.15, -0.1) is 0 Å². The maximum absolute atomic E-state index is 5.91. The van der Waals surface area contributed by atoms with Crippen molar-refractivity contribution in [2.24, 2.45) is 0 Å². The van der Waals surface area contributed by atoms with E-state index in [9.17, 15) is 0 Å². The highest BCUT2D eigenvalue weighted by Gasteiger charge is 2.19. The molecule has 2 rings (SSSR count). The lowest BCUT2D eigenvalue weighted by Gasteiger charge is -2.15. The topological polar surface area (TPSA) is 21.3 Å². The number of hydrogen-bond acceptors (Lipinski definition) is 2. The van der Waals surface area contributed by atoms with Crippen LogP contribution in [-0.2, 0) is 6.42 Å². The Bertz CT molecular complexity index is 343. The SMILES string of the molecule is CCc1ccc(OC(C)CCCNC2CC2)cc1. The van der Waals surface area contributed by atoms with Crippen molar-refractivity contribution in [2.75, 3.05) is 6.54 Å². The van der Waals surface area contributed by atoms with Crippen molar-refractivity contribution in [2.45, 2.75) is 58.1 Å². The lowest BCUT2D eigenvalue weighted by molar-refractivity contribution is 0.207. The van der Waals surface area contributed by atoms with Gasteiger partial charge in [-0.05, 0) is 63.3 Å². The largest absolute Gasteiger partial charge is 0.491 e. The van der Waals surface area contributed by atoms with Crippen LogP contribution in [-0.4, -0.2) is 18.7 Å². The first-order chi connectivity index (χ1) is 8.78. The van der Waals surface area contributed by atoms with Gasteiger partial charge in [-0.2, -0.15) is 0 Å². The van der Waals surface area contributed by atoms with Crippen molar-refractivity contribution >= 4 is 0 Å². The average Bonchev–Trinajstić information content (AvgIpc) is 3.20. The van der Waals surface area contributed by atoms with Crippen LogP contribution in [0.4, 0.5) is 0 Å². The van der Waals surface area contributed by atoms with E-state index in [1.54, 1.807) is 0 Å². The van der Waals surface area contributed by atoms with E-state index in [1.807, 2.05) is 0 Å². The summed E-state index contributed by atoms with van der Waals surface area (Å²) in [6.45, 7) is 5.46. The first-order valence-corrected chi connectivity index (χ1v) is 7.27. The molecule has 0 spiro atoms. The highest BCUT2D eigenvalue weighted by Crippen LogP contribution is 2.19. The van der Waals surface area contributed by atoms with E-state index < -0.39 is 0 Å². The minimum atomic E-state index is 0.304. The summed E-state index contributed by atoms with van der Waals surface area (Å²) in [6.07, 6.45) is 6.45. The third-order valence-corrected chi connectivity index (χ3v) is 3.47. The van der Waals surface area contributed by atoms with Crippen molar-refractivity contribution in [3.05, 3.63) is 29.8 Å². The molecular weight excluding hydrogens is 222 g/mol. The second-order valence-electron chi connectivity index (χ2n) is 5.30. The molecule has 1 N–H and O–H groups in total. The lowest BCUT2D eigenvalue weighted by Crippen LogP contribution is -2.20. The van der Waals surface area contributed by atoms with Gasteiger partial charge < -0.3 is 10.1 Å². The van der Waals surface area contributed by atoms with E-state index in [1.165, 1.54) is 24.8 Å². The minimum absolute atomic E-state index is 0.304. The molecule has 1 fully saturated rings. The Morgan fingerprint density at radius 3 is 2.61 bits per heavy atom. The summed E-state index contributed by atoms with van der Waals surface area (Å²) in [5.74, 6) is 0.995. The van der Waals surface area contributed by atoms with Crippen LogP contribution >= 0.6 is 0 Å². The quantitative estimate of drug-likeness (QED) is 0.709. The predicted molar refractivity (Wildman–Crippen MR) is 76.2 cm³/mol. The molecule has 0 amide bonds. The third-order valence-electron chi connectivity index (χ3n) is 3.47. The lowest BCUT2D eigenvalue weighted by atomic mass is 10.1. The molecule has 0 radical (unpaired) electrons. The Labute approximate surface area is 111 Å². The molecule has 0 saturated heterocycles. The molecule has 0 heterocycles. The molecule has 1 unspecified atom stereocenters. The van der Waals surface area contributed by atoms with E-state index in [0.717, 1.165) is 31.2 Å². The van der Waals surface area contributed by atoms with Gasteiger partial charge in [-0.25, -0.2) is 0 Å². The van der Waals surface area contributed by atoms with Gasteiger partial charge in [-0.3, -0.25) is 0 Å². The van der Waals surface area contributed by atoms with Gasteiger partial charge in [-0.1, -0.05) is 19.1 Å². The molecular formula is C16H25NO. The fourth-order valence-electron chi connectivity index (χ4n) is 2.08. The zero-order valence-corrected chi connectivity index (χ0v) is 11.6. The van der Waals surface area contributed by atoms with Crippen LogP contribution in [0.3, 0.4) is 0 Å². The highest BCUT2D eigenvalue weighted by molar-refractivity contribution is 5.27. The summed E-state index contributed by atoms with van der Waals surface area (Å²) >= 11 is 0. The molecule has 0 aromatic heterocycles. The molecule has 1 aliphatic carbocycles. The van der Waals surface area contributed by atoms with Gasteiger partial charge >= 0.3 is 0 Å². The summed E-state index contributed by atoms with van der Waals surface area (Å²) in [5, 5.41) is 3.54. The predicted octanol–water partition coefficient (Wildman–Crippen LogP) is 3.55. The van der Waals surface area contributed by atoms with Crippen LogP contribution in [0, 0.1) is 0 Å². The minimum Gasteiger partial charge on any atom is -0.491 e. The Morgan fingerprint density at radius 1 is 1.28 bits per heavy atom. The number of benzene rings is 1. The van der Waals surface area contributed by atoms with Gasteiger partial charge in [0.25, 0.3) is 0 Å². The summed E-state index contributed by atoms with van der Waals surface area (Å²) in [4.78, 5) is 0. The average molecular weight is 247 g/mol. The van der Waals surface area contributed by atoms with Gasteiger partial charge in [0.1, 0.15) is 5.75 Å². The summed E-state index contributed by atoms with van der Waals surface area (Å²) < 4.78 is 5.91. The van der Waals surface area contributed by atoms with Crippen LogP contribution in [0.15, 0.2) is 24.3 Å². The van der Waals surface area contributed by atoms with E-state index >= 15 is 0 Å². The highest BCUT2D eigenvalue weighted by atomic mass is 16.5. The first kappa shape index (κ1) is 13.4. The fourth-order valence-corrected chi connectivity index (χ4v) is 2.08. The van der Waals surface area contributed by atoms with Crippen molar-refractivity contribution < 1.29 is 4.74 Å². The molecule has 1 saturated carbocycles. The molecule has 0 bridgehead atoms. The molecule has 100 valence electrons. The Kier molecular flexibility index (Phi) is 5.06. The number of hydrogen-bond donors (Lipinski definition) is 1. The third kappa shape index (κ3) is 4.69. The second kappa shape index (κ2) is 6.79. The van der Waals surface area contributed by atoms with Crippen molar-refractivity contribution in [3.8, 4) is 5.75 Å². The van der Waals surface area contributed by atoms with Gasteiger partial charge in [0.15, 0.2) is 0 Å². The zero-order chi connectivity index (χ0) is 12.8. The van der Waals surface area contributed by atoms with Crippen LogP contribution < -0.4 is 10.1 Å². The van der Waals surface area contributed by atoms with Crippen LogP contribution in [0.5, 0.6) is 5.75 Å². The number of aryl methyl sites for hydroxylation is 1. The van der Waals surface area contributed by atoms with Crippen molar-refractivity contribution in [1.29, 1.82) is 0 Å². The molecule has 1 aromatic rings. The van der Waals surface area contributed by atoms with Gasteiger partial charge in [0.05, 0.1) is 6.10 Å². The van der Waals surface area contributed by atoms with Crippen LogP contribution in [0.2, 0.25) is 0 Å². The fraction of sp³-hybridized carbons (Fsp3) is 0.625. The number of ether oxygens (including phenoxy) is 1. The maximum atomic E-state index is 5.91. The van der Waals surface area contributed by atoms with E-state index in [4.69, 9.17) is 4.74 Å². The Balaban J connectivity index is 1.63. The van der Waals surface area contributed by atoms with Gasteiger partial charge in [0, 0.05) is 6.04 Å². The van der Waals surface area contributed by atoms with E-state index in [-0.39, 0.29) is 0 Å². The molecule has 1 atom stereocenters. The number of nitrogens with one attached hydrogen (secondary N) is 1. The smallest absolute Gasteiger partial charge is 0.119 e. The van der Waals surface area contributed by atoms with Crippen molar-refractivity contribution in [1.82, 2.24) is 5.32 Å². The van der Waals surface area contributed by atoms with Gasteiger partial charge in [0.2, 0.25) is 0 Å². The first-order valence-electron chi connectivity index (χ1n) is 7.27. The summed E-state index contributed by atoms with van der Waals surface area (Å²) in [5.41, 5.74) is 1.36. The molecule has 2 nitrogen and oxygen atoms in total.